The van der Waals surface area contributed by atoms with Crippen molar-refractivity contribution < 1.29 is 4.79 Å². The summed E-state index contributed by atoms with van der Waals surface area (Å²) < 4.78 is 1.02. The molecule has 21 heavy (non-hydrogen) atoms. The minimum atomic E-state index is -0.413. The lowest BCUT2D eigenvalue weighted by Crippen LogP contribution is -2.37. The molecular formula is C15H20N4OS. The Morgan fingerprint density at radius 3 is 3.05 bits per heavy atom. The predicted molar refractivity (Wildman–Crippen MR) is 87.1 cm³/mol. The van der Waals surface area contributed by atoms with Gasteiger partial charge in [0, 0.05) is 19.1 Å². The second kappa shape index (κ2) is 5.61. The van der Waals surface area contributed by atoms with Gasteiger partial charge in [0.2, 0.25) is 0 Å². The SMILES string of the molecule is CN(C)CC1CCCN1c1nc2c(C(N)=O)cccc2s1. The molecule has 1 amide bonds. The van der Waals surface area contributed by atoms with Crippen LogP contribution in [0.5, 0.6) is 0 Å². The van der Waals surface area contributed by atoms with E-state index in [0.717, 1.165) is 28.4 Å². The normalized spacial score (nSPS) is 18.8. The number of hydrogen-bond acceptors (Lipinski definition) is 5. The molecule has 0 spiro atoms. The van der Waals surface area contributed by atoms with Gasteiger partial charge in [0.15, 0.2) is 5.13 Å². The summed E-state index contributed by atoms with van der Waals surface area (Å²) in [7, 11) is 4.19. The van der Waals surface area contributed by atoms with Crippen LogP contribution in [0, 0.1) is 0 Å². The number of primary amides is 1. The van der Waals surface area contributed by atoms with E-state index >= 15 is 0 Å². The van der Waals surface area contributed by atoms with Crippen molar-refractivity contribution in [3.8, 4) is 0 Å². The fourth-order valence-corrected chi connectivity index (χ4v) is 4.05. The third-order valence-corrected chi connectivity index (χ3v) is 4.93. The minimum absolute atomic E-state index is 0.413. The number of anilines is 1. The van der Waals surface area contributed by atoms with E-state index in [1.54, 1.807) is 17.4 Å². The molecule has 1 saturated heterocycles. The van der Waals surface area contributed by atoms with Crippen molar-refractivity contribution in [2.45, 2.75) is 18.9 Å². The molecule has 1 aromatic carbocycles. The molecule has 1 aliphatic rings. The fraction of sp³-hybridized carbons (Fsp3) is 0.467. The van der Waals surface area contributed by atoms with Gasteiger partial charge < -0.3 is 15.5 Å². The third-order valence-electron chi connectivity index (χ3n) is 3.87. The number of hydrogen-bond donors (Lipinski definition) is 1. The minimum Gasteiger partial charge on any atom is -0.366 e. The number of para-hydroxylation sites is 1. The quantitative estimate of drug-likeness (QED) is 0.937. The highest BCUT2D eigenvalue weighted by Gasteiger charge is 2.27. The molecule has 2 aromatic rings. The van der Waals surface area contributed by atoms with Crippen LogP contribution in [0.4, 0.5) is 5.13 Å². The van der Waals surface area contributed by atoms with Crippen molar-refractivity contribution in [1.82, 2.24) is 9.88 Å². The number of thiazole rings is 1. The monoisotopic (exact) mass is 304 g/mol. The number of amides is 1. The topological polar surface area (TPSA) is 62.5 Å². The molecule has 1 unspecified atom stereocenters. The molecule has 0 saturated carbocycles. The molecular weight excluding hydrogens is 284 g/mol. The molecule has 6 heteroatoms. The van der Waals surface area contributed by atoms with Crippen molar-refractivity contribution in [2.75, 3.05) is 32.1 Å². The van der Waals surface area contributed by atoms with Gasteiger partial charge >= 0.3 is 0 Å². The van der Waals surface area contributed by atoms with Crippen LogP contribution >= 0.6 is 11.3 Å². The lowest BCUT2D eigenvalue weighted by molar-refractivity contribution is 0.100. The number of aromatic nitrogens is 1. The van der Waals surface area contributed by atoms with Gasteiger partial charge in [0.05, 0.1) is 15.8 Å². The van der Waals surface area contributed by atoms with E-state index in [2.05, 4.69) is 23.9 Å². The molecule has 0 radical (unpaired) electrons. The van der Waals surface area contributed by atoms with E-state index in [4.69, 9.17) is 10.7 Å². The predicted octanol–water partition coefficient (Wildman–Crippen LogP) is 1.93. The molecule has 2 N–H and O–H groups in total. The lowest BCUT2D eigenvalue weighted by Gasteiger charge is -2.26. The molecule has 0 bridgehead atoms. The van der Waals surface area contributed by atoms with Crippen molar-refractivity contribution in [3.05, 3.63) is 23.8 Å². The number of carbonyl (C=O) groups is 1. The van der Waals surface area contributed by atoms with E-state index in [0.29, 0.717) is 11.6 Å². The van der Waals surface area contributed by atoms with Gasteiger partial charge in [-0.2, -0.15) is 0 Å². The Morgan fingerprint density at radius 2 is 2.33 bits per heavy atom. The van der Waals surface area contributed by atoms with Gasteiger partial charge in [-0.25, -0.2) is 4.98 Å². The van der Waals surface area contributed by atoms with Crippen LogP contribution in [0.15, 0.2) is 18.2 Å². The van der Waals surface area contributed by atoms with Crippen molar-refractivity contribution in [2.24, 2.45) is 5.73 Å². The van der Waals surface area contributed by atoms with Gasteiger partial charge in [-0.1, -0.05) is 17.4 Å². The van der Waals surface area contributed by atoms with Crippen LogP contribution in [0.25, 0.3) is 10.2 Å². The molecule has 112 valence electrons. The first-order valence-corrected chi connectivity index (χ1v) is 7.98. The van der Waals surface area contributed by atoms with Gasteiger partial charge in [0.1, 0.15) is 0 Å². The number of likely N-dealkylation sites (N-methyl/N-ethyl adjacent to an activating group) is 1. The first-order chi connectivity index (χ1) is 10.1. The Hall–Kier alpha value is -1.66. The maximum atomic E-state index is 11.5. The fourth-order valence-electron chi connectivity index (χ4n) is 2.96. The Kier molecular flexibility index (Phi) is 3.82. The van der Waals surface area contributed by atoms with E-state index in [9.17, 15) is 4.79 Å². The number of benzene rings is 1. The average Bonchev–Trinajstić information content (AvgIpc) is 3.02. The van der Waals surface area contributed by atoms with Gasteiger partial charge in [-0.15, -0.1) is 0 Å². The number of carbonyl (C=O) groups excluding carboxylic acids is 1. The molecule has 1 aromatic heterocycles. The summed E-state index contributed by atoms with van der Waals surface area (Å²) in [5.74, 6) is -0.413. The zero-order valence-corrected chi connectivity index (χ0v) is 13.2. The largest absolute Gasteiger partial charge is 0.366 e. The highest BCUT2D eigenvalue weighted by molar-refractivity contribution is 7.22. The van der Waals surface area contributed by atoms with E-state index < -0.39 is 5.91 Å². The van der Waals surface area contributed by atoms with Crippen LogP contribution < -0.4 is 10.6 Å². The Bertz CT molecular complexity index is 667. The highest BCUT2D eigenvalue weighted by Crippen LogP contribution is 2.34. The number of fused-ring (bicyclic) bond motifs is 1. The Labute approximate surface area is 128 Å². The molecule has 1 aliphatic heterocycles. The summed E-state index contributed by atoms with van der Waals surface area (Å²) in [6, 6.07) is 6.11. The summed E-state index contributed by atoms with van der Waals surface area (Å²) in [6.07, 6.45) is 2.38. The average molecular weight is 304 g/mol. The first-order valence-electron chi connectivity index (χ1n) is 7.17. The molecule has 2 heterocycles. The summed E-state index contributed by atoms with van der Waals surface area (Å²) in [5.41, 5.74) is 6.69. The van der Waals surface area contributed by atoms with Crippen molar-refractivity contribution in [3.63, 3.8) is 0 Å². The maximum absolute atomic E-state index is 11.5. The second-order valence-electron chi connectivity index (χ2n) is 5.76. The van der Waals surface area contributed by atoms with Crippen molar-refractivity contribution >= 4 is 32.6 Å². The smallest absolute Gasteiger partial charge is 0.250 e. The summed E-state index contributed by atoms with van der Waals surface area (Å²) in [5, 5.41) is 1.00. The zero-order valence-electron chi connectivity index (χ0n) is 12.4. The van der Waals surface area contributed by atoms with Gasteiger partial charge in [-0.3, -0.25) is 4.79 Å². The van der Waals surface area contributed by atoms with Crippen LogP contribution in [0.2, 0.25) is 0 Å². The molecule has 1 fully saturated rings. The third kappa shape index (κ3) is 2.73. The maximum Gasteiger partial charge on any atom is 0.250 e. The van der Waals surface area contributed by atoms with Crippen LogP contribution in [-0.2, 0) is 0 Å². The van der Waals surface area contributed by atoms with Crippen LogP contribution in [0.1, 0.15) is 23.2 Å². The molecule has 0 aliphatic carbocycles. The zero-order chi connectivity index (χ0) is 15.0. The summed E-state index contributed by atoms with van der Waals surface area (Å²) in [4.78, 5) is 20.8. The standard InChI is InChI=1S/C15H20N4OS/c1-18(2)9-10-5-4-8-19(10)15-17-13-11(14(16)20)6-3-7-12(13)21-15/h3,6-7,10H,4-5,8-9H2,1-2H3,(H2,16,20). The van der Waals surface area contributed by atoms with Crippen LogP contribution in [-0.4, -0.2) is 49.0 Å². The number of nitrogens with two attached hydrogens (primary N) is 1. The Balaban J connectivity index is 1.97. The molecule has 3 rings (SSSR count). The number of rotatable bonds is 4. The lowest BCUT2D eigenvalue weighted by atomic mass is 10.2. The van der Waals surface area contributed by atoms with E-state index in [-0.39, 0.29) is 0 Å². The number of nitrogens with zero attached hydrogens (tertiary/aromatic N) is 3. The first kappa shape index (κ1) is 14.3. The van der Waals surface area contributed by atoms with Crippen molar-refractivity contribution in [1.29, 1.82) is 0 Å². The highest BCUT2D eigenvalue weighted by atomic mass is 32.1. The van der Waals surface area contributed by atoms with E-state index in [1.807, 2.05) is 12.1 Å². The van der Waals surface area contributed by atoms with E-state index in [1.165, 1.54) is 12.8 Å². The summed E-state index contributed by atoms with van der Waals surface area (Å²) in [6.45, 7) is 2.06. The molecule has 5 nitrogen and oxygen atoms in total. The second-order valence-corrected chi connectivity index (χ2v) is 6.77. The van der Waals surface area contributed by atoms with Gasteiger partial charge in [-0.05, 0) is 39.1 Å². The van der Waals surface area contributed by atoms with Crippen LogP contribution in [0.3, 0.4) is 0 Å². The Morgan fingerprint density at radius 1 is 1.52 bits per heavy atom. The molecule has 1 atom stereocenters. The van der Waals surface area contributed by atoms with Gasteiger partial charge in [0.25, 0.3) is 5.91 Å². The summed E-state index contributed by atoms with van der Waals surface area (Å²) >= 11 is 1.65.